The van der Waals surface area contributed by atoms with E-state index in [2.05, 4.69) is 11.1 Å². The Morgan fingerprint density at radius 3 is 2.68 bits per heavy atom. The number of halogens is 1. The smallest absolute Gasteiger partial charge is 0.216 e. The van der Waals surface area contributed by atoms with Gasteiger partial charge in [0.2, 0.25) is 5.88 Å². The van der Waals surface area contributed by atoms with E-state index in [-0.39, 0.29) is 0 Å². The van der Waals surface area contributed by atoms with Gasteiger partial charge in [-0.1, -0.05) is 23.7 Å². The first-order valence-electron chi connectivity index (χ1n) is 5.97. The van der Waals surface area contributed by atoms with Crippen LogP contribution in [0.2, 0.25) is 5.02 Å². The lowest BCUT2D eigenvalue weighted by molar-refractivity contribution is 0.393. The summed E-state index contributed by atoms with van der Waals surface area (Å²) in [7, 11) is 1.64. The van der Waals surface area contributed by atoms with Crippen molar-refractivity contribution in [3.63, 3.8) is 0 Å². The summed E-state index contributed by atoms with van der Waals surface area (Å²) in [5.41, 5.74) is 3.18. The minimum absolute atomic E-state index is 0.685. The normalized spacial score (nSPS) is 10.5. The van der Waals surface area contributed by atoms with Gasteiger partial charge in [0.25, 0.3) is 0 Å². The van der Waals surface area contributed by atoms with Crippen LogP contribution >= 0.6 is 23.4 Å². The quantitative estimate of drug-likeness (QED) is 0.782. The molecule has 0 bridgehead atoms. The third kappa shape index (κ3) is 3.43. The zero-order chi connectivity index (χ0) is 13.8. The first-order valence-corrected chi connectivity index (χ1v) is 7.57. The highest BCUT2D eigenvalue weighted by Crippen LogP contribution is 2.27. The molecule has 0 radical (unpaired) electrons. The molecule has 1 aromatic heterocycles. The molecule has 0 saturated carbocycles. The van der Waals surface area contributed by atoms with Crippen LogP contribution in [0, 0.1) is 6.92 Å². The topological polar surface area (TPSA) is 22.1 Å². The van der Waals surface area contributed by atoms with Gasteiger partial charge in [0.1, 0.15) is 0 Å². The third-order valence-electron chi connectivity index (χ3n) is 2.90. The van der Waals surface area contributed by atoms with E-state index in [1.54, 1.807) is 18.9 Å². The number of nitrogens with zero attached hydrogens (tertiary/aromatic N) is 1. The Kier molecular flexibility index (Phi) is 4.72. The summed E-state index contributed by atoms with van der Waals surface area (Å²) in [6.45, 7) is 1.99. The summed E-state index contributed by atoms with van der Waals surface area (Å²) in [4.78, 5) is 5.58. The van der Waals surface area contributed by atoms with E-state index in [4.69, 9.17) is 16.3 Å². The lowest BCUT2D eigenvalue weighted by Crippen LogP contribution is -1.97. The van der Waals surface area contributed by atoms with E-state index >= 15 is 0 Å². The van der Waals surface area contributed by atoms with Gasteiger partial charge in [0, 0.05) is 22.6 Å². The Labute approximate surface area is 123 Å². The molecule has 100 valence electrons. The minimum Gasteiger partial charge on any atom is -0.481 e. The van der Waals surface area contributed by atoms with Crippen molar-refractivity contribution in [1.29, 1.82) is 0 Å². The first-order chi connectivity index (χ1) is 9.13. The number of rotatable bonds is 4. The molecule has 2 nitrogen and oxygen atoms in total. The first kappa shape index (κ1) is 14.2. The molecular weight excluding hydrogens is 278 g/mol. The highest BCUT2D eigenvalue weighted by Gasteiger charge is 2.05. The molecular formula is C15H16ClNOS. The molecule has 19 heavy (non-hydrogen) atoms. The predicted octanol–water partition coefficient (Wildman–Crippen LogP) is 4.36. The van der Waals surface area contributed by atoms with E-state index in [0.717, 1.165) is 33.2 Å². The molecule has 0 aliphatic rings. The van der Waals surface area contributed by atoms with Crippen molar-refractivity contribution in [3.05, 3.63) is 52.2 Å². The summed E-state index contributed by atoms with van der Waals surface area (Å²) in [6.07, 6.45) is 2.78. The molecule has 0 N–H and O–H groups in total. The van der Waals surface area contributed by atoms with Crippen LogP contribution in [0.3, 0.4) is 0 Å². The van der Waals surface area contributed by atoms with E-state index in [0.29, 0.717) is 5.88 Å². The molecule has 1 aromatic carbocycles. The number of thioether (sulfide) groups is 1. The Bertz CT molecular complexity index is 586. The third-order valence-corrected chi connectivity index (χ3v) is 4.12. The van der Waals surface area contributed by atoms with Crippen molar-refractivity contribution in [2.45, 2.75) is 18.2 Å². The zero-order valence-corrected chi connectivity index (χ0v) is 12.8. The molecule has 2 rings (SSSR count). The van der Waals surface area contributed by atoms with Gasteiger partial charge in [-0.3, -0.25) is 0 Å². The summed E-state index contributed by atoms with van der Waals surface area (Å²) in [5.74, 6) is 0.685. The Balaban J connectivity index is 2.23. The highest BCUT2D eigenvalue weighted by atomic mass is 35.5. The van der Waals surface area contributed by atoms with E-state index in [1.165, 1.54) is 0 Å². The molecule has 1 heterocycles. The van der Waals surface area contributed by atoms with Crippen LogP contribution in [-0.4, -0.2) is 18.3 Å². The van der Waals surface area contributed by atoms with Gasteiger partial charge in [-0.05, 0) is 36.9 Å². The van der Waals surface area contributed by atoms with Gasteiger partial charge in [0.05, 0.1) is 12.1 Å². The second kappa shape index (κ2) is 6.31. The number of aromatic nitrogens is 1. The molecule has 2 aromatic rings. The molecule has 0 aliphatic heterocycles. The maximum absolute atomic E-state index is 6.21. The van der Waals surface area contributed by atoms with Gasteiger partial charge in [0.15, 0.2) is 0 Å². The lowest BCUT2D eigenvalue weighted by Gasteiger charge is -2.08. The van der Waals surface area contributed by atoms with Crippen LogP contribution in [0.15, 0.2) is 35.2 Å². The van der Waals surface area contributed by atoms with E-state index in [1.807, 2.05) is 37.4 Å². The Morgan fingerprint density at radius 1 is 1.26 bits per heavy atom. The molecule has 0 unspecified atom stereocenters. The molecule has 0 fully saturated rings. The number of pyridine rings is 1. The highest BCUT2D eigenvalue weighted by molar-refractivity contribution is 7.98. The molecule has 0 spiro atoms. The Morgan fingerprint density at radius 2 is 2.05 bits per heavy atom. The second-order valence-corrected chi connectivity index (χ2v) is 5.53. The SMILES string of the molecule is COc1nc(Cc2ccc(SC)c(Cl)c2)ccc1C. The van der Waals surface area contributed by atoms with Gasteiger partial charge >= 0.3 is 0 Å². The average Bonchev–Trinajstić information content (AvgIpc) is 2.41. The van der Waals surface area contributed by atoms with Crippen LogP contribution in [0.5, 0.6) is 5.88 Å². The van der Waals surface area contributed by atoms with Gasteiger partial charge < -0.3 is 4.74 Å². The van der Waals surface area contributed by atoms with Crippen LogP contribution in [0.4, 0.5) is 0 Å². The van der Waals surface area contributed by atoms with Gasteiger partial charge in [-0.25, -0.2) is 4.98 Å². The molecule has 4 heteroatoms. The summed E-state index contributed by atoms with van der Waals surface area (Å²) in [5, 5.41) is 0.795. The van der Waals surface area contributed by atoms with E-state index < -0.39 is 0 Å². The molecule has 0 saturated heterocycles. The summed E-state index contributed by atoms with van der Waals surface area (Å²) < 4.78 is 5.24. The fraction of sp³-hybridized carbons (Fsp3) is 0.267. The molecule has 0 atom stereocenters. The zero-order valence-electron chi connectivity index (χ0n) is 11.2. The van der Waals surface area contributed by atoms with Crippen LogP contribution in [0.1, 0.15) is 16.8 Å². The van der Waals surface area contributed by atoms with Crippen LogP contribution in [0.25, 0.3) is 0 Å². The van der Waals surface area contributed by atoms with Crippen molar-refractivity contribution in [1.82, 2.24) is 4.98 Å². The Hall–Kier alpha value is -1.19. The van der Waals surface area contributed by atoms with Crippen molar-refractivity contribution < 1.29 is 4.74 Å². The lowest BCUT2D eigenvalue weighted by atomic mass is 10.1. The summed E-state index contributed by atoms with van der Waals surface area (Å²) >= 11 is 7.86. The van der Waals surface area contributed by atoms with Gasteiger partial charge in [-0.15, -0.1) is 11.8 Å². The average molecular weight is 294 g/mol. The number of hydrogen-bond donors (Lipinski definition) is 0. The fourth-order valence-electron chi connectivity index (χ4n) is 1.88. The number of aryl methyl sites for hydroxylation is 1. The number of ether oxygens (including phenoxy) is 1. The van der Waals surface area contributed by atoms with Crippen molar-refractivity contribution in [2.75, 3.05) is 13.4 Å². The maximum atomic E-state index is 6.21. The van der Waals surface area contributed by atoms with Crippen LogP contribution in [-0.2, 0) is 6.42 Å². The van der Waals surface area contributed by atoms with Crippen LogP contribution < -0.4 is 4.74 Å². The standard InChI is InChI=1S/C15H16ClNOS/c1-10-4-6-12(17-15(10)18-2)8-11-5-7-14(19-3)13(16)9-11/h4-7,9H,8H2,1-3H3. The minimum atomic E-state index is 0.685. The number of methoxy groups -OCH3 is 1. The summed E-state index contributed by atoms with van der Waals surface area (Å²) in [6, 6.07) is 10.2. The largest absolute Gasteiger partial charge is 0.481 e. The monoisotopic (exact) mass is 293 g/mol. The maximum Gasteiger partial charge on any atom is 0.216 e. The van der Waals surface area contributed by atoms with Crippen molar-refractivity contribution >= 4 is 23.4 Å². The molecule has 0 amide bonds. The second-order valence-electron chi connectivity index (χ2n) is 4.27. The predicted molar refractivity (Wildman–Crippen MR) is 81.6 cm³/mol. The number of hydrogen-bond acceptors (Lipinski definition) is 3. The fourth-order valence-corrected chi connectivity index (χ4v) is 2.78. The van der Waals surface area contributed by atoms with Crippen molar-refractivity contribution in [2.24, 2.45) is 0 Å². The van der Waals surface area contributed by atoms with E-state index in [9.17, 15) is 0 Å². The number of benzene rings is 1. The van der Waals surface area contributed by atoms with Gasteiger partial charge in [-0.2, -0.15) is 0 Å². The molecule has 0 aliphatic carbocycles. The van der Waals surface area contributed by atoms with Crippen molar-refractivity contribution in [3.8, 4) is 5.88 Å².